The Labute approximate surface area is 117 Å². The summed E-state index contributed by atoms with van der Waals surface area (Å²) in [5, 5.41) is -0.0712. The minimum Gasteiger partial charge on any atom is -0.353 e. The average molecular weight is 307 g/mol. The summed E-state index contributed by atoms with van der Waals surface area (Å²) in [6.45, 7) is 2.40. The maximum absolute atomic E-state index is 12.1. The molecule has 2 heterocycles. The highest BCUT2D eigenvalue weighted by Crippen LogP contribution is 2.28. The van der Waals surface area contributed by atoms with Crippen LogP contribution >= 0.6 is 23.4 Å². The molecule has 0 saturated carbocycles. The van der Waals surface area contributed by atoms with E-state index in [1.54, 1.807) is 37.0 Å². The Morgan fingerprint density at radius 1 is 1.61 bits per heavy atom. The molecule has 4 nitrogen and oxygen atoms in total. The van der Waals surface area contributed by atoms with Gasteiger partial charge >= 0.3 is 0 Å². The lowest BCUT2D eigenvalue weighted by molar-refractivity contribution is 0.579. The minimum atomic E-state index is -3.09. The van der Waals surface area contributed by atoms with Crippen molar-refractivity contribution in [2.24, 2.45) is 0 Å². The first-order chi connectivity index (χ1) is 8.54. The van der Waals surface area contributed by atoms with Crippen LogP contribution in [0, 0.1) is 0 Å². The van der Waals surface area contributed by atoms with Crippen LogP contribution in [0.5, 0.6) is 0 Å². The van der Waals surface area contributed by atoms with E-state index in [0.717, 1.165) is 18.0 Å². The van der Waals surface area contributed by atoms with Gasteiger partial charge in [-0.05, 0) is 12.1 Å². The highest BCUT2D eigenvalue weighted by atomic mass is 35.5. The second-order valence-electron chi connectivity index (χ2n) is 4.01. The molecule has 1 aliphatic heterocycles. The van der Waals surface area contributed by atoms with Crippen LogP contribution in [-0.4, -0.2) is 42.6 Å². The molecule has 2 rings (SSSR count). The van der Waals surface area contributed by atoms with Crippen molar-refractivity contribution >= 4 is 38.9 Å². The van der Waals surface area contributed by atoms with Crippen LogP contribution in [0.4, 0.5) is 5.69 Å². The lowest BCUT2D eigenvalue weighted by Crippen LogP contribution is -2.48. The van der Waals surface area contributed by atoms with E-state index in [-0.39, 0.29) is 5.75 Å². The fourth-order valence-corrected chi connectivity index (χ4v) is 5.10. The lowest BCUT2D eigenvalue weighted by atomic mass is 10.3. The number of halogens is 1. The maximum atomic E-state index is 12.1. The molecule has 1 fully saturated rings. The van der Waals surface area contributed by atoms with Crippen LogP contribution in [0.1, 0.15) is 6.92 Å². The van der Waals surface area contributed by atoms with Gasteiger partial charge in [0.05, 0.1) is 0 Å². The van der Waals surface area contributed by atoms with E-state index in [1.165, 1.54) is 0 Å². The smallest absolute Gasteiger partial charge is 0.171 e. The molecule has 0 aliphatic carbocycles. The SMILES string of the molecule is CCS(=O)(=O)C1CSCCN1c1ccnc(Cl)c1. The molecular weight excluding hydrogens is 292 g/mol. The molecule has 1 aromatic heterocycles. The van der Waals surface area contributed by atoms with E-state index in [0.29, 0.717) is 10.9 Å². The van der Waals surface area contributed by atoms with Gasteiger partial charge in [0.15, 0.2) is 9.84 Å². The number of aromatic nitrogens is 1. The Hall–Kier alpha value is -0.460. The van der Waals surface area contributed by atoms with Crippen LogP contribution in [0.25, 0.3) is 0 Å². The van der Waals surface area contributed by atoms with Crippen molar-refractivity contribution in [3.8, 4) is 0 Å². The third-order valence-corrected chi connectivity index (χ3v) is 6.44. The summed E-state index contributed by atoms with van der Waals surface area (Å²) < 4.78 is 24.2. The fraction of sp³-hybridized carbons (Fsp3) is 0.545. The highest BCUT2D eigenvalue weighted by molar-refractivity contribution is 8.01. The first-order valence-electron chi connectivity index (χ1n) is 5.72. The lowest BCUT2D eigenvalue weighted by Gasteiger charge is -2.36. The van der Waals surface area contributed by atoms with Crippen molar-refractivity contribution in [3.63, 3.8) is 0 Å². The summed E-state index contributed by atoms with van der Waals surface area (Å²) in [5.41, 5.74) is 0.831. The van der Waals surface area contributed by atoms with Crippen molar-refractivity contribution < 1.29 is 8.42 Å². The molecule has 100 valence electrons. The topological polar surface area (TPSA) is 50.3 Å². The zero-order chi connectivity index (χ0) is 13.2. The van der Waals surface area contributed by atoms with E-state index >= 15 is 0 Å². The quantitative estimate of drug-likeness (QED) is 0.800. The molecule has 18 heavy (non-hydrogen) atoms. The van der Waals surface area contributed by atoms with Crippen molar-refractivity contribution in [1.82, 2.24) is 4.98 Å². The summed E-state index contributed by atoms with van der Waals surface area (Å²) in [4.78, 5) is 5.85. The number of thioether (sulfide) groups is 1. The summed E-state index contributed by atoms with van der Waals surface area (Å²) in [5.74, 6) is 1.69. The van der Waals surface area contributed by atoms with Crippen molar-refractivity contribution in [2.45, 2.75) is 12.3 Å². The first kappa shape index (κ1) is 14.0. The molecule has 0 N–H and O–H groups in total. The Morgan fingerprint density at radius 2 is 2.39 bits per heavy atom. The van der Waals surface area contributed by atoms with Crippen LogP contribution < -0.4 is 4.90 Å². The number of hydrogen-bond acceptors (Lipinski definition) is 5. The molecule has 1 saturated heterocycles. The number of hydrogen-bond donors (Lipinski definition) is 0. The first-order valence-corrected chi connectivity index (χ1v) is 8.97. The maximum Gasteiger partial charge on any atom is 0.171 e. The molecule has 1 aliphatic rings. The van der Waals surface area contributed by atoms with Gasteiger partial charge in [-0.1, -0.05) is 18.5 Å². The van der Waals surface area contributed by atoms with Crippen LogP contribution in [-0.2, 0) is 9.84 Å². The van der Waals surface area contributed by atoms with Crippen LogP contribution in [0.3, 0.4) is 0 Å². The van der Waals surface area contributed by atoms with Gasteiger partial charge in [0.1, 0.15) is 10.5 Å². The normalized spacial score (nSPS) is 21.0. The van der Waals surface area contributed by atoms with Crippen molar-refractivity contribution in [3.05, 3.63) is 23.5 Å². The van der Waals surface area contributed by atoms with E-state index in [1.807, 2.05) is 4.90 Å². The number of nitrogens with zero attached hydrogens (tertiary/aromatic N) is 2. The third-order valence-electron chi connectivity index (χ3n) is 2.94. The molecule has 0 aromatic carbocycles. The highest BCUT2D eigenvalue weighted by Gasteiger charge is 2.33. The standard InChI is InChI=1S/C11H15ClN2O2S2/c1-2-18(15,16)11-8-17-6-5-14(11)9-3-4-13-10(12)7-9/h3-4,7,11H,2,5-6,8H2,1H3. The van der Waals surface area contributed by atoms with E-state index in [9.17, 15) is 8.42 Å². The Kier molecular flexibility index (Phi) is 4.40. The molecule has 1 atom stereocenters. The van der Waals surface area contributed by atoms with Gasteiger partial charge in [0.25, 0.3) is 0 Å². The fourth-order valence-electron chi connectivity index (χ4n) is 1.94. The number of anilines is 1. The zero-order valence-electron chi connectivity index (χ0n) is 10.0. The number of rotatable bonds is 3. The molecule has 7 heteroatoms. The zero-order valence-corrected chi connectivity index (χ0v) is 12.4. The second kappa shape index (κ2) is 5.67. The third kappa shape index (κ3) is 2.92. The molecule has 0 radical (unpaired) electrons. The van der Waals surface area contributed by atoms with Gasteiger partial charge in [-0.2, -0.15) is 11.8 Å². The predicted octanol–water partition coefficient (Wildman–Crippen LogP) is 2.05. The van der Waals surface area contributed by atoms with Gasteiger partial charge in [-0.25, -0.2) is 13.4 Å². The number of pyridine rings is 1. The molecule has 1 unspecified atom stereocenters. The van der Waals surface area contributed by atoms with Crippen molar-refractivity contribution in [1.29, 1.82) is 0 Å². The summed E-state index contributed by atoms with van der Waals surface area (Å²) in [6.07, 6.45) is 1.61. The molecule has 1 aromatic rings. The van der Waals surface area contributed by atoms with E-state index in [2.05, 4.69) is 4.98 Å². The molecule has 0 amide bonds. The summed E-state index contributed by atoms with van der Waals surface area (Å²) in [7, 11) is -3.09. The van der Waals surface area contributed by atoms with Gasteiger partial charge in [0.2, 0.25) is 0 Å². The predicted molar refractivity (Wildman–Crippen MR) is 77.2 cm³/mol. The molecule has 0 bridgehead atoms. The Bertz CT molecular complexity index is 522. The minimum absolute atomic E-state index is 0.160. The average Bonchev–Trinajstić information content (AvgIpc) is 2.39. The second-order valence-corrected chi connectivity index (χ2v) is 8.00. The molecular formula is C11H15ClN2O2S2. The summed E-state index contributed by atoms with van der Waals surface area (Å²) in [6, 6.07) is 3.52. The number of sulfone groups is 1. The van der Waals surface area contributed by atoms with Crippen LogP contribution in [0.2, 0.25) is 5.15 Å². The monoisotopic (exact) mass is 306 g/mol. The molecule has 0 spiro atoms. The van der Waals surface area contributed by atoms with E-state index < -0.39 is 15.2 Å². The van der Waals surface area contributed by atoms with Gasteiger partial charge in [-0.15, -0.1) is 0 Å². The van der Waals surface area contributed by atoms with E-state index in [4.69, 9.17) is 11.6 Å². The van der Waals surface area contributed by atoms with Crippen molar-refractivity contribution in [2.75, 3.05) is 28.7 Å². The Balaban J connectivity index is 2.34. The van der Waals surface area contributed by atoms with Gasteiger partial charge < -0.3 is 4.90 Å². The van der Waals surface area contributed by atoms with Gasteiger partial charge in [0, 0.05) is 35.7 Å². The largest absolute Gasteiger partial charge is 0.353 e. The summed E-state index contributed by atoms with van der Waals surface area (Å²) >= 11 is 7.55. The van der Waals surface area contributed by atoms with Crippen LogP contribution in [0.15, 0.2) is 18.3 Å². The van der Waals surface area contributed by atoms with Gasteiger partial charge in [-0.3, -0.25) is 0 Å². The Morgan fingerprint density at radius 3 is 3.06 bits per heavy atom.